The fourth-order valence-corrected chi connectivity index (χ4v) is 5.04. The van der Waals surface area contributed by atoms with Gasteiger partial charge in [0.2, 0.25) is 11.8 Å². The molecule has 2 amide bonds. The standard InChI is InChI=1S/C22H30FN3O3/c23-18-6-2-3-7-19(18)26-15-17(14-20(26)27)21(28)24-16-22(8-4-1-5-9-22)25-10-12-29-13-11-25/h2-3,6-7,17H,1,4-5,8-16H2,(H,24,28). The average Bonchev–Trinajstić information content (AvgIpc) is 3.15. The van der Waals surface area contributed by atoms with Crippen LogP contribution in [0.3, 0.4) is 0 Å². The third-order valence-corrected chi connectivity index (χ3v) is 6.70. The van der Waals surface area contributed by atoms with E-state index in [0.717, 1.165) is 39.1 Å². The summed E-state index contributed by atoms with van der Waals surface area (Å²) in [4.78, 5) is 29.2. The van der Waals surface area contributed by atoms with E-state index >= 15 is 0 Å². The Morgan fingerprint density at radius 2 is 1.90 bits per heavy atom. The number of nitrogens with one attached hydrogen (secondary N) is 1. The first-order chi connectivity index (χ1) is 14.1. The van der Waals surface area contributed by atoms with Gasteiger partial charge in [-0.2, -0.15) is 0 Å². The molecule has 1 aromatic carbocycles. The van der Waals surface area contributed by atoms with E-state index in [-0.39, 0.29) is 36.0 Å². The molecule has 3 aliphatic rings. The van der Waals surface area contributed by atoms with Crippen LogP contribution in [0.1, 0.15) is 38.5 Å². The number of nitrogens with zero attached hydrogens (tertiary/aromatic N) is 2. The fraction of sp³-hybridized carbons (Fsp3) is 0.636. The van der Waals surface area contributed by atoms with Crippen molar-refractivity contribution >= 4 is 17.5 Å². The van der Waals surface area contributed by atoms with E-state index < -0.39 is 11.7 Å². The second kappa shape index (κ2) is 8.79. The van der Waals surface area contributed by atoms with Crippen molar-refractivity contribution < 1.29 is 18.7 Å². The van der Waals surface area contributed by atoms with Crippen molar-refractivity contribution in [3.63, 3.8) is 0 Å². The highest BCUT2D eigenvalue weighted by Gasteiger charge is 2.41. The second-order valence-electron chi connectivity index (χ2n) is 8.46. The molecule has 3 fully saturated rings. The molecule has 1 unspecified atom stereocenters. The third kappa shape index (κ3) is 4.31. The first kappa shape index (κ1) is 20.3. The summed E-state index contributed by atoms with van der Waals surface area (Å²) in [5, 5.41) is 3.15. The lowest BCUT2D eigenvalue weighted by molar-refractivity contribution is -0.127. The number of ether oxygens (including phenoxy) is 1. The number of benzene rings is 1. The Hall–Kier alpha value is -1.99. The van der Waals surface area contributed by atoms with Crippen molar-refractivity contribution in [1.82, 2.24) is 10.2 Å². The Balaban J connectivity index is 1.39. The number of hydrogen-bond acceptors (Lipinski definition) is 4. The maximum atomic E-state index is 14.1. The van der Waals surface area contributed by atoms with Crippen molar-refractivity contribution in [2.45, 2.75) is 44.1 Å². The van der Waals surface area contributed by atoms with Crippen molar-refractivity contribution in [2.75, 3.05) is 44.3 Å². The van der Waals surface area contributed by atoms with Crippen LogP contribution < -0.4 is 10.2 Å². The van der Waals surface area contributed by atoms with Crippen LogP contribution in [0.5, 0.6) is 0 Å². The molecular formula is C22H30FN3O3. The summed E-state index contributed by atoms with van der Waals surface area (Å²) in [6.45, 7) is 4.12. The molecule has 1 atom stereocenters. The topological polar surface area (TPSA) is 61.9 Å². The molecule has 6 nitrogen and oxygen atoms in total. The molecule has 1 saturated carbocycles. The lowest BCUT2D eigenvalue weighted by Gasteiger charge is -2.48. The zero-order valence-electron chi connectivity index (χ0n) is 16.9. The van der Waals surface area contributed by atoms with Gasteiger partial charge in [-0.05, 0) is 25.0 Å². The Labute approximate surface area is 171 Å². The zero-order valence-corrected chi connectivity index (χ0v) is 16.9. The predicted molar refractivity (Wildman–Crippen MR) is 108 cm³/mol. The molecule has 2 heterocycles. The largest absolute Gasteiger partial charge is 0.379 e. The van der Waals surface area contributed by atoms with E-state index in [0.29, 0.717) is 6.54 Å². The van der Waals surface area contributed by atoms with E-state index in [1.807, 2.05) is 0 Å². The molecule has 7 heteroatoms. The van der Waals surface area contributed by atoms with Gasteiger partial charge < -0.3 is 15.0 Å². The first-order valence-electron chi connectivity index (χ1n) is 10.7. The minimum atomic E-state index is -0.438. The summed E-state index contributed by atoms with van der Waals surface area (Å²) in [6, 6.07) is 6.22. The quantitative estimate of drug-likeness (QED) is 0.820. The van der Waals surface area contributed by atoms with Crippen LogP contribution in [0.4, 0.5) is 10.1 Å². The molecule has 0 radical (unpaired) electrons. The van der Waals surface area contributed by atoms with Crippen molar-refractivity contribution in [1.29, 1.82) is 0 Å². The molecule has 158 valence electrons. The van der Waals surface area contributed by atoms with Crippen LogP contribution in [0.2, 0.25) is 0 Å². The molecule has 0 spiro atoms. The average molecular weight is 403 g/mol. The Morgan fingerprint density at radius 1 is 1.17 bits per heavy atom. The summed E-state index contributed by atoms with van der Waals surface area (Å²) in [5.41, 5.74) is 0.246. The van der Waals surface area contributed by atoms with Crippen LogP contribution in [0.25, 0.3) is 0 Å². The number of carbonyl (C=O) groups excluding carboxylic acids is 2. The monoisotopic (exact) mass is 403 g/mol. The lowest BCUT2D eigenvalue weighted by Crippen LogP contribution is -2.60. The first-order valence-corrected chi connectivity index (χ1v) is 10.7. The summed E-state index contributed by atoms with van der Waals surface area (Å²) in [6.07, 6.45) is 5.89. The van der Waals surface area contributed by atoms with Gasteiger partial charge >= 0.3 is 0 Å². The van der Waals surface area contributed by atoms with Crippen LogP contribution in [0.15, 0.2) is 24.3 Å². The van der Waals surface area contributed by atoms with E-state index in [4.69, 9.17) is 4.74 Å². The van der Waals surface area contributed by atoms with Crippen LogP contribution in [-0.4, -0.2) is 61.6 Å². The number of para-hydroxylation sites is 1. The van der Waals surface area contributed by atoms with Gasteiger partial charge in [0.15, 0.2) is 0 Å². The van der Waals surface area contributed by atoms with Gasteiger partial charge in [0.1, 0.15) is 5.82 Å². The highest BCUT2D eigenvalue weighted by Crippen LogP contribution is 2.34. The number of hydrogen-bond donors (Lipinski definition) is 1. The van der Waals surface area contributed by atoms with Gasteiger partial charge in [0.05, 0.1) is 24.8 Å². The normalized spacial score (nSPS) is 25.2. The van der Waals surface area contributed by atoms with Gasteiger partial charge in [0.25, 0.3) is 0 Å². The SMILES string of the molecule is O=C(NCC1(N2CCOCC2)CCCCC1)C1CC(=O)N(c2ccccc2F)C1. The molecular weight excluding hydrogens is 373 g/mol. The van der Waals surface area contributed by atoms with E-state index in [2.05, 4.69) is 10.2 Å². The van der Waals surface area contributed by atoms with Crippen LogP contribution >= 0.6 is 0 Å². The van der Waals surface area contributed by atoms with Gasteiger partial charge in [0, 0.05) is 38.1 Å². The Bertz CT molecular complexity index is 745. The molecule has 1 N–H and O–H groups in total. The van der Waals surface area contributed by atoms with Crippen LogP contribution in [0, 0.1) is 11.7 Å². The van der Waals surface area contributed by atoms with Crippen molar-refractivity contribution in [3.8, 4) is 0 Å². The Kier molecular flexibility index (Phi) is 6.15. The van der Waals surface area contributed by atoms with Crippen molar-refractivity contribution in [2.24, 2.45) is 5.92 Å². The van der Waals surface area contributed by atoms with E-state index in [1.54, 1.807) is 18.2 Å². The van der Waals surface area contributed by atoms with Gasteiger partial charge in [-0.25, -0.2) is 4.39 Å². The number of anilines is 1. The van der Waals surface area contributed by atoms with E-state index in [9.17, 15) is 14.0 Å². The minimum Gasteiger partial charge on any atom is -0.379 e. The number of halogens is 1. The van der Waals surface area contributed by atoms with Gasteiger partial charge in [-0.1, -0.05) is 31.4 Å². The van der Waals surface area contributed by atoms with E-state index in [1.165, 1.54) is 30.2 Å². The number of rotatable bonds is 5. The molecule has 29 heavy (non-hydrogen) atoms. The van der Waals surface area contributed by atoms with Crippen molar-refractivity contribution in [3.05, 3.63) is 30.1 Å². The lowest BCUT2D eigenvalue weighted by atomic mass is 9.79. The molecule has 0 bridgehead atoms. The third-order valence-electron chi connectivity index (χ3n) is 6.70. The summed E-state index contributed by atoms with van der Waals surface area (Å²) < 4.78 is 19.6. The zero-order chi connectivity index (χ0) is 20.3. The molecule has 2 saturated heterocycles. The van der Waals surface area contributed by atoms with Gasteiger partial charge in [-0.15, -0.1) is 0 Å². The fourth-order valence-electron chi connectivity index (χ4n) is 5.04. The second-order valence-corrected chi connectivity index (χ2v) is 8.46. The number of carbonyl (C=O) groups is 2. The highest BCUT2D eigenvalue weighted by atomic mass is 19.1. The van der Waals surface area contributed by atoms with Gasteiger partial charge in [-0.3, -0.25) is 14.5 Å². The highest BCUT2D eigenvalue weighted by molar-refractivity contribution is 6.00. The maximum Gasteiger partial charge on any atom is 0.227 e. The molecule has 1 aliphatic carbocycles. The number of morpholine rings is 1. The molecule has 0 aromatic heterocycles. The summed E-state index contributed by atoms with van der Waals surface area (Å²) in [5.74, 6) is -1.17. The molecule has 1 aromatic rings. The number of amides is 2. The smallest absolute Gasteiger partial charge is 0.227 e. The predicted octanol–water partition coefficient (Wildman–Crippen LogP) is 2.33. The maximum absolute atomic E-state index is 14.1. The molecule has 4 rings (SSSR count). The van der Waals surface area contributed by atoms with Crippen LogP contribution in [-0.2, 0) is 14.3 Å². The summed E-state index contributed by atoms with van der Waals surface area (Å²) in [7, 11) is 0. The minimum absolute atomic E-state index is 0.00840. The summed E-state index contributed by atoms with van der Waals surface area (Å²) >= 11 is 0. The molecule has 2 aliphatic heterocycles. The Morgan fingerprint density at radius 3 is 2.62 bits per heavy atom.